The molecule has 0 atom stereocenters. The highest BCUT2D eigenvalue weighted by atomic mass is 16.3. The molecular formula is C22H31N3O3. The number of aryl methyl sites for hydroxylation is 1. The molecule has 152 valence electrons. The highest BCUT2D eigenvalue weighted by molar-refractivity contribution is 5.96. The number of nitrogens with zero attached hydrogens (tertiary/aromatic N) is 1. The molecule has 0 radical (unpaired) electrons. The van der Waals surface area contributed by atoms with Crippen LogP contribution in [0, 0.1) is 6.92 Å². The first kappa shape index (κ1) is 20.6. The number of carbonyl (C=O) groups is 1. The number of hydrogen-bond acceptors (Lipinski definition) is 4. The molecule has 0 saturated heterocycles. The van der Waals surface area contributed by atoms with Crippen LogP contribution in [0.1, 0.15) is 66.6 Å². The summed E-state index contributed by atoms with van der Waals surface area (Å²) < 4.78 is 0. The van der Waals surface area contributed by atoms with Crippen LogP contribution < -0.4 is 5.32 Å². The Balaban J connectivity index is 1.70. The minimum absolute atomic E-state index is 0.0616. The van der Waals surface area contributed by atoms with Crippen molar-refractivity contribution in [2.45, 2.75) is 63.9 Å². The Labute approximate surface area is 166 Å². The van der Waals surface area contributed by atoms with Gasteiger partial charge in [-0.25, -0.2) is 0 Å². The first-order valence-corrected chi connectivity index (χ1v) is 10.3. The Kier molecular flexibility index (Phi) is 6.86. The number of carbonyl (C=O) groups excluding carboxylic acids is 1. The quantitative estimate of drug-likeness (QED) is 0.614. The number of amides is 1. The van der Waals surface area contributed by atoms with E-state index < -0.39 is 5.60 Å². The lowest BCUT2D eigenvalue weighted by atomic mass is 9.87. The van der Waals surface area contributed by atoms with E-state index in [2.05, 4.69) is 15.5 Å². The van der Waals surface area contributed by atoms with Gasteiger partial charge in [0, 0.05) is 36.4 Å². The van der Waals surface area contributed by atoms with Crippen LogP contribution in [0.5, 0.6) is 0 Å². The van der Waals surface area contributed by atoms with Crippen molar-refractivity contribution < 1.29 is 15.0 Å². The molecule has 1 aliphatic carbocycles. The summed E-state index contributed by atoms with van der Waals surface area (Å²) in [5, 5.41) is 30.1. The van der Waals surface area contributed by atoms with E-state index in [9.17, 15) is 9.90 Å². The van der Waals surface area contributed by atoms with E-state index >= 15 is 0 Å². The summed E-state index contributed by atoms with van der Waals surface area (Å²) in [6.45, 7) is 2.26. The molecule has 1 heterocycles. The van der Waals surface area contributed by atoms with Crippen LogP contribution in [0.4, 0.5) is 0 Å². The van der Waals surface area contributed by atoms with Gasteiger partial charge in [0.2, 0.25) is 0 Å². The third kappa shape index (κ3) is 5.20. The van der Waals surface area contributed by atoms with Crippen LogP contribution >= 0.6 is 0 Å². The minimum Gasteiger partial charge on any atom is -0.396 e. The van der Waals surface area contributed by atoms with E-state index in [0.717, 1.165) is 61.0 Å². The lowest BCUT2D eigenvalue weighted by Gasteiger charge is -2.30. The van der Waals surface area contributed by atoms with Crippen molar-refractivity contribution in [1.29, 1.82) is 0 Å². The van der Waals surface area contributed by atoms with Crippen molar-refractivity contribution in [2.75, 3.05) is 13.2 Å². The van der Waals surface area contributed by atoms with Gasteiger partial charge in [-0.1, -0.05) is 44.2 Å². The van der Waals surface area contributed by atoms with E-state index in [1.807, 2.05) is 31.2 Å². The van der Waals surface area contributed by atoms with Gasteiger partial charge in [0.05, 0.1) is 11.3 Å². The fraction of sp³-hybridized carbons (Fsp3) is 0.545. The Morgan fingerprint density at radius 3 is 2.61 bits per heavy atom. The Hall–Kier alpha value is -2.18. The maximum Gasteiger partial charge on any atom is 0.251 e. The van der Waals surface area contributed by atoms with Crippen LogP contribution in [0.2, 0.25) is 0 Å². The van der Waals surface area contributed by atoms with Crippen molar-refractivity contribution in [3.63, 3.8) is 0 Å². The predicted octanol–water partition coefficient (Wildman–Crippen LogP) is 3.13. The molecular weight excluding hydrogens is 354 g/mol. The first-order chi connectivity index (χ1) is 13.5. The molecule has 1 fully saturated rings. The molecule has 1 aromatic heterocycles. The second kappa shape index (κ2) is 9.34. The predicted molar refractivity (Wildman–Crippen MR) is 109 cm³/mol. The molecule has 28 heavy (non-hydrogen) atoms. The SMILES string of the molecule is Cc1ccc(-c2cc(CCO)[nH]n2)cc1C(=O)NCC1(O)CCCCCCC1. The van der Waals surface area contributed by atoms with E-state index in [0.29, 0.717) is 18.5 Å². The number of aromatic nitrogens is 2. The molecule has 3 rings (SSSR count). The summed E-state index contributed by atoms with van der Waals surface area (Å²) >= 11 is 0. The largest absolute Gasteiger partial charge is 0.396 e. The topological polar surface area (TPSA) is 98.2 Å². The van der Waals surface area contributed by atoms with Crippen molar-refractivity contribution in [2.24, 2.45) is 0 Å². The van der Waals surface area contributed by atoms with E-state index in [4.69, 9.17) is 5.11 Å². The van der Waals surface area contributed by atoms with Crippen molar-refractivity contribution >= 4 is 5.91 Å². The number of aromatic amines is 1. The van der Waals surface area contributed by atoms with Gasteiger partial charge < -0.3 is 15.5 Å². The normalized spacial score (nSPS) is 17.0. The molecule has 1 amide bonds. The zero-order valence-electron chi connectivity index (χ0n) is 16.6. The molecule has 0 unspecified atom stereocenters. The van der Waals surface area contributed by atoms with Crippen LogP contribution in [-0.4, -0.2) is 45.1 Å². The van der Waals surface area contributed by atoms with E-state index in [1.165, 1.54) is 6.42 Å². The summed E-state index contributed by atoms with van der Waals surface area (Å²) in [4.78, 5) is 12.8. The summed E-state index contributed by atoms with van der Waals surface area (Å²) in [6, 6.07) is 7.58. The van der Waals surface area contributed by atoms with Crippen LogP contribution in [0.25, 0.3) is 11.3 Å². The Bertz CT molecular complexity index is 792. The Morgan fingerprint density at radius 1 is 1.18 bits per heavy atom. The molecule has 1 saturated carbocycles. The van der Waals surface area contributed by atoms with Gasteiger partial charge in [0.1, 0.15) is 0 Å². The minimum atomic E-state index is -0.803. The standard InChI is InChI=1S/C22H31N3O3/c1-16-7-8-17(20-14-18(9-12-26)24-25-20)13-19(16)21(27)23-15-22(28)10-5-3-2-4-6-11-22/h7-8,13-14,26,28H,2-6,9-12,15H2,1H3,(H,23,27)(H,24,25). The van der Waals surface area contributed by atoms with Crippen LogP contribution in [0.3, 0.4) is 0 Å². The third-order valence-electron chi connectivity index (χ3n) is 5.65. The number of aliphatic hydroxyl groups is 2. The number of hydrogen-bond donors (Lipinski definition) is 4. The molecule has 6 nitrogen and oxygen atoms in total. The number of benzene rings is 1. The summed E-state index contributed by atoms with van der Waals surface area (Å²) in [7, 11) is 0. The molecule has 0 bridgehead atoms. The maximum absolute atomic E-state index is 12.8. The van der Waals surface area contributed by atoms with Gasteiger partial charge in [-0.2, -0.15) is 5.10 Å². The van der Waals surface area contributed by atoms with Crippen LogP contribution in [0.15, 0.2) is 24.3 Å². The van der Waals surface area contributed by atoms with E-state index in [-0.39, 0.29) is 12.5 Å². The zero-order chi connectivity index (χ0) is 20.0. The summed E-state index contributed by atoms with van der Waals surface area (Å²) in [6.07, 6.45) is 7.57. The summed E-state index contributed by atoms with van der Waals surface area (Å²) in [5.74, 6) is -0.166. The fourth-order valence-corrected chi connectivity index (χ4v) is 3.86. The average Bonchev–Trinajstić information content (AvgIpc) is 3.13. The first-order valence-electron chi connectivity index (χ1n) is 10.3. The fourth-order valence-electron chi connectivity index (χ4n) is 3.86. The molecule has 2 aromatic rings. The second-order valence-electron chi connectivity index (χ2n) is 7.96. The highest BCUT2D eigenvalue weighted by Crippen LogP contribution is 2.26. The van der Waals surface area contributed by atoms with E-state index in [1.54, 1.807) is 0 Å². The smallest absolute Gasteiger partial charge is 0.251 e. The number of H-pyrrole nitrogens is 1. The lowest BCUT2D eigenvalue weighted by molar-refractivity contribution is 0.0146. The molecule has 6 heteroatoms. The molecule has 0 spiro atoms. The zero-order valence-corrected chi connectivity index (χ0v) is 16.6. The number of rotatable bonds is 6. The number of nitrogens with one attached hydrogen (secondary N) is 2. The molecule has 1 aliphatic rings. The van der Waals surface area contributed by atoms with Crippen molar-refractivity contribution in [3.05, 3.63) is 41.1 Å². The van der Waals surface area contributed by atoms with Gasteiger partial charge in [0.15, 0.2) is 0 Å². The monoisotopic (exact) mass is 385 g/mol. The second-order valence-corrected chi connectivity index (χ2v) is 7.96. The maximum atomic E-state index is 12.8. The number of aliphatic hydroxyl groups excluding tert-OH is 1. The van der Waals surface area contributed by atoms with Gasteiger partial charge in [-0.3, -0.25) is 9.89 Å². The van der Waals surface area contributed by atoms with Crippen molar-refractivity contribution in [1.82, 2.24) is 15.5 Å². The van der Waals surface area contributed by atoms with Gasteiger partial charge in [-0.15, -0.1) is 0 Å². The Morgan fingerprint density at radius 2 is 1.89 bits per heavy atom. The average molecular weight is 386 g/mol. The highest BCUT2D eigenvalue weighted by Gasteiger charge is 2.28. The molecule has 1 aromatic carbocycles. The van der Waals surface area contributed by atoms with Gasteiger partial charge in [0.25, 0.3) is 5.91 Å². The molecule has 4 N–H and O–H groups in total. The lowest BCUT2D eigenvalue weighted by Crippen LogP contribution is -2.43. The van der Waals surface area contributed by atoms with Gasteiger partial charge >= 0.3 is 0 Å². The molecule has 0 aliphatic heterocycles. The summed E-state index contributed by atoms with van der Waals surface area (Å²) in [5.41, 5.74) is 3.13. The third-order valence-corrected chi connectivity index (χ3v) is 5.65. The van der Waals surface area contributed by atoms with Gasteiger partial charge in [-0.05, 0) is 37.5 Å². The van der Waals surface area contributed by atoms with Crippen LogP contribution in [-0.2, 0) is 6.42 Å². The van der Waals surface area contributed by atoms with Crippen molar-refractivity contribution in [3.8, 4) is 11.3 Å².